The normalized spacial score (nSPS) is 24.2. The third kappa shape index (κ3) is 2.95. The Kier molecular flexibility index (Phi) is 3.22. The molecule has 0 aromatic rings. The quantitative estimate of drug-likeness (QED) is 0.681. The molecule has 4 nitrogen and oxygen atoms in total. The summed E-state index contributed by atoms with van der Waals surface area (Å²) in [6, 6.07) is 0.580. The highest BCUT2D eigenvalue weighted by atomic mass is 16.5. The van der Waals surface area contributed by atoms with Crippen LogP contribution < -0.4 is 0 Å². The van der Waals surface area contributed by atoms with Crippen LogP contribution in [-0.4, -0.2) is 47.8 Å². The van der Waals surface area contributed by atoms with E-state index in [9.17, 15) is 9.90 Å². The van der Waals surface area contributed by atoms with Crippen molar-refractivity contribution in [3.8, 4) is 0 Å². The van der Waals surface area contributed by atoms with Gasteiger partial charge in [0, 0.05) is 19.1 Å². The average molecular weight is 227 g/mol. The standard InChI is InChI=1S/C12H21NO3/c1-12(15,11(14)16-2)8-13(10-5-6-10)7-9-3-4-9/h9-10,15H,3-8H2,1-2H3. The van der Waals surface area contributed by atoms with Gasteiger partial charge >= 0.3 is 5.97 Å². The number of esters is 1. The number of hydrogen-bond donors (Lipinski definition) is 1. The Labute approximate surface area is 96.6 Å². The smallest absolute Gasteiger partial charge is 0.338 e. The van der Waals surface area contributed by atoms with Crippen LogP contribution in [0.1, 0.15) is 32.6 Å². The number of carbonyl (C=O) groups is 1. The molecule has 2 rings (SSSR count). The number of aliphatic hydroxyl groups is 1. The number of methoxy groups -OCH3 is 1. The third-order valence-electron chi connectivity index (χ3n) is 3.39. The number of hydrogen-bond acceptors (Lipinski definition) is 4. The zero-order valence-electron chi connectivity index (χ0n) is 10.1. The second kappa shape index (κ2) is 4.34. The van der Waals surface area contributed by atoms with Crippen LogP contribution in [0.5, 0.6) is 0 Å². The Morgan fingerprint density at radius 1 is 1.44 bits per heavy atom. The highest BCUT2D eigenvalue weighted by Gasteiger charge is 2.40. The van der Waals surface area contributed by atoms with Crippen LogP contribution in [0.2, 0.25) is 0 Å². The van der Waals surface area contributed by atoms with Crippen LogP contribution in [0.3, 0.4) is 0 Å². The Morgan fingerprint density at radius 3 is 2.50 bits per heavy atom. The number of ether oxygens (including phenoxy) is 1. The van der Waals surface area contributed by atoms with E-state index in [2.05, 4.69) is 9.64 Å². The van der Waals surface area contributed by atoms with Crippen molar-refractivity contribution in [2.75, 3.05) is 20.2 Å². The maximum atomic E-state index is 11.4. The zero-order chi connectivity index (χ0) is 11.8. The van der Waals surface area contributed by atoms with Gasteiger partial charge in [-0.25, -0.2) is 4.79 Å². The largest absolute Gasteiger partial charge is 0.467 e. The Balaban J connectivity index is 1.90. The van der Waals surface area contributed by atoms with Gasteiger partial charge in [-0.05, 0) is 38.5 Å². The molecule has 2 aliphatic rings. The second-order valence-corrected chi connectivity index (χ2v) is 5.37. The zero-order valence-corrected chi connectivity index (χ0v) is 10.1. The molecular formula is C12H21NO3. The maximum Gasteiger partial charge on any atom is 0.338 e. The van der Waals surface area contributed by atoms with Gasteiger partial charge < -0.3 is 9.84 Å². The highest BCUT2D eigenvalue weighted by Crippen LogP contribution is 2.35. The lowest BCUT2D eigenvalue weighted by Crippen LogP contribution is -2.48. The van der Waals surface area contributed by atoms with E-state index in [4.69, 9.17) is 0 Å². The van der Waals surface area contributed by atoms with Gasteiger partial charge in [-0.2, -0.15) is 0 Å². The fourth-order valence-electron chi connectivity index (χ4n) is 2.09. The van der Waals surface area contributed by atoms with E-state index in [1.165, 1.54) is 32.8 Å². The Morgan fingerprint density at radius 2 is 2.06 bits per heavy atom. The maximum absolute atomic E-state index is 11.4. The molecule has 0 spiro atoms. The van der Waals surface area contributed by atoms with Crippen LogP contribution in [0.15, 0.2) is 0 Å². The molecule has 1 N–H and O–H groups in total. The Hall–Kier alpha value is -0.610. The van der Waals surface area contributed by atoms with Crippen LogP contribution in [0.4, 0.5) is 0 Å². The van der Waals surface area contributed by atoms with E-state index in [0.29, 0.717) is 12.6 Å². The van der Waals surface area contributed by atoms with E-state index in [0.717, 1.165) is 12.5 Å². The monoisotopic (exact) mass is 227 g/mol. The summed E-state index contributed by atoms with van der Waals surface area (Å²) in [7, 11) is 1.32. The van der Waals surface area contributed by atoms with E-state index in [1.807, 2.05) is 0 Å². The molecule has 1 atom stereocenters. The van der Waals surface area contributed by atoms with Crippen molar-refractivity contribution < 1.29 is 14.6 Å². The molecule has 0 aromatic heterocycles. The van der Waals surface area contributed by atoms with Crippen molar-refractivity contribution in [2.24, 2.45) is 5.92 Å². The van der Waals surface area contributed by atoms with Crippen molar-refractivity contribution in [2.45, 2.75) is 44.2 Å². The van der Waals surface area contributed by atoms with Gasteiger partial charge in [-0.15, -0.1) is 0 Å². The molecule has 2 fully saturated rings. The van der Waals surface area contributed by atoms with Crippen molar-refractivity contribution >= 4 is 5.97 Å². The third-order valence-corrected chi connectivity index (χ3v) is 3.39. The van der Waals surface area contributed by atoms with Gasteiger partial charge in [0.05, 0.1) is 7.11 Å². The van der Waals surface area contributed by atoms with Crippen LogP contribution >= 0.6 is 0 Å². The molecule has 0 bridgehead atoms. The fraction of sp³-hybridized carbons (Fsp3) is 0.917. The highest BCUT2D eigenvalue weighted by molar-refractivity contribution is 5.78. The number of nitrogens with zero attached hydrogens (tertiary/aromatic N) is 1. The van der Waals surface area contributed by atoms with Gasteiger partial charge in [0.2, 0.25) is 0 Å². The fourth-order valence-corrected chi connectivity index (χ4v) is 2.09. The molecule has 0 amide bonds. The van der Waals surface area contributed by atoms with E-state index in [-0.39, 0.29) is 0 Å². The first-order valence-corrected chi connectivity index (χ1v) is 6.08. The van der Waals surface area contributed by atoms with Crippen LogP contribution in [-0.2, 0) is 9.53 Å². The molecule has 4 heteroatoms. The minimum absolute atomic E-state index is 0.404. The molecule has 0 saturated heterocycles. The molecule has 16 heavy (non-hydrogen) atoms. The Bertz CT molecular complexity index is 269. The van der Waals surface area contributed by atoms with Crippen molar-refractivity contribution in [3.05, 3.63) is 0 Å². The van der Waals surface area contributed by atoms with Gasteiger partial charge in [-0.3, -0.25) is 4.90 Å². The first kappa shape index (κ1) is 11.9. The van der Waals surface area contributed by atoms with E-state index >= 15 is 0 Å². The van der Waals surface area contributed by atoms with Crippen molar-refractivity contribution in [1.29, 1.82) is 0 Å². The molecule has 2 aliphatic carbocycles. The lowest BCUT2D eigenvalue weighted by atomic mass is 10.1. The summed E-state index contributed by atoms with van der Waals surface area (Å²) in [4.78, 5) is 13.7. The summed E-state index contributed by atoms with van der Waals surface area (Å²) in [5, 5.41) is 10.0. The van der Waals surface area contributed by atoms with Gasteiger partial charge in [0.25, 0.3) is 0 Å². The first-order valence-electron chi connectivity index (χ1n) is 6.08. The lowest BCUT2D eigenvalue weighted by molar-refractivity contribution is -0.162. The summed E-state index contributed by atoms with van der Waals surface area (Å²) >= 11 is 0. The van der Waals surface area contributed by atoms with Gasteiger partial charge in [0.15, 0.2) is 5.60 Å². The average Bonchev–Trinajstić information content (AvgIpc) is 3.06. The molecule has 0 aliphatic heterocycles. The molecular weight excluding hydrogens is 206 g/mol. The van der Waals surface area contributed by atoms with E-state index in [1.54, 1.807) is 6.92 Å². The lowest BCUT2D eigenvalue weighted by Gasteiger charge is -2.29. The molecule has 0 heterocycles. The van der Waals surface area contributed by atoms with Crippen molar-refractivity contribution in [1.82, 2.24) is 4.90 Å². The van der Waals surface area contributed by atoms with Crippen LogP contribution in [0, 0.1) is 5.92 Å². The van der Waals surface area contributed by atoms with E-state index < -0.39 is 11.6 Å². The predicted molar refractivity (Wildman–Crippen MR) is 60.0 cm³/mol. The number of carbonyl (C=O) groups excluding carboxylic acids is 1. The SMILES string of the molecule is COC(=O)C(C)(O)CN(CC1CC1)C1CC1. The molecule has 1 unspecified atom stereocenters. The summed E-state index contributed by atoms with van der Waals surface area (Å²) < 4.78 is 4.62. The summed E-state index contributed by atoms with van der Waals surface area (Å²) in [6.07, 6.45) is 4.99. The topological polar surface area (TPSA) is 49.8 Å². The molecule has 0 aromatic carbocycles. The predicted octanol–water partition coefficient (Wildman–Crippen LogP) is 0.785. The summed E-state index contributed by atoms with van der Waals surface area (Å²) in [5.74, 6) is 0.253. The number of rotatable bonds is 6. The van der Waals surface area contributed by atoms with Gasteiger partial charge in [0.1, 0.15) is 0 Å². The summed E-state index contributed by atoms with van der Waals surface area (Å²) in [5.41, 5.74) is -1.37. The molecule has 92 valence electrons. The summed E-state index contributed by atoms with van der Waals surface area (Å²) in [6.45, 7) is 2.97. The van der Waals surface area contributed by atoms with Crippen molar-refractivity contribution in [3.63, 3.8) is 0 Å². The van der Waals surface area contributed by atoms with Crippen LogP contribution in [0.25, 0.3) is 0 Å². The molecule has 0 radical (unpaired) electrons. The first-order chi connectivity index (χ1) is 7.53. The molecule has 2 saturated carbocycles. The minimum atomic E-state index is -1.37. The minimum Gasteiger partial charge on any atom is -0.467 e. The second-order valence-electron chi connectivity index (χ2n) is 5.37. The van der Waals surface area contributed by atoms with Gasteiger partial charge in [-0.1, -0.05) is 0 Å².